The van der Waals surface area contributed by atoms with Crippen LogP contribution in [0.2, 0.25) is 0 Å². The first-order valence-electron chi connectivity index (χ1n) is 6.97. The zero-order chi connectivity index (χ0) is 14.5. The highest BCUT2D eigenvalue weighted by atomic mass is 32.1. The zero-order valence-electron chi connectivity index (χ0n) is 12.1. The van der Waals surface area contributed by atoms with Crippen LogP contribution in [0.3, 0.4) is 0 Å². The lowest BCUT2D eigenvalue weighted by Crippen LogP contribution is -2.53. The van der Waals surface area contributed by atoms with Crippen molar-refractivity contribution in [1.29, 1.82) is 0 Å². The molecule has 1 aromatic heterocycles. The van der Waals surface area contributed by atoms with Crippen molar-refractivity contribution in [2.75, 3.05) is 32.7 Å². The molecular formula is C15H21N3OS. The van der Waals surface area contributed by atoms with Crippen molar-refractivity contribution in [1.82, 2.24) is 9.80 Å². The van der Waals surface area contributed by atoms with Gasteiger partial charge in [0.25, 0.3) is 5.91 Å². The smallest absolute Gasteiger partial charge is 0.264 e. The molecule has 1 aliphatic heterocycles. The van der Waals surface area contributed by atoms with Gasteiger partial charge >= 0.3 is 0 Å². The number of nitrogens with two attached hydrogens (primary N) is 1. The van der Waals surface area contributed by atoms with E-state index in [0.29, 0.717) is 12.6 Å². The Hall–Kier alpha value is -1.35. The number of rotatable bonds is 2. The molecule has 1 unspecified atom stereocenters. The Morgan fingerprint density at radius 1 is 1.50 bits per heavy atom. The van der Waals surface area contributed by atoms with Crippen molar-refractivity contribution in [2.45, 2.75) is 19.9 Å². The SMILES string of the molecule is CCN1CCN(C(=O)c2ccc(C#CCN)s2)CC1C. The monoisotopic (exact) mass is 291 g/mol. The van der Waals surface area contributed by atoms with Gasteiger partial charge < -0.3 is 10.6 Å². The van der Waals surface area contributed by atoms with Gasteiger partial charge in [0.05, 0.1) is 16.3 Å². The number of hydrogen-bond donors (Lipinski definition) is 1. The van der Waals surface area contributed by atoms with Crippen LogP contribution in [0.25, 0.3) is 0 Å². The number of thiophene rings is 1. The summed E-state index contributed by atoms with van der Waals surface area (Å²) in [4.78, 5) is 18.5. The second-order valence-electron chi connectivity index (χ2n) is 4.90. The predicted octanol–water partition coefficient (Wildman–Crippen LogP) is 1.22. The molecule has 2 N–H and O–H groups in total. The molecule has 0 spiro atoms. The van der Waals surface area contributed by atoms with Crippen LogP contribution in [-0.4, -0.2) is 54.5 Å². The van der Waals surface area contributed by atoms with E-state index in [4.69, 9.17) is 5.73 Å². The van der Waals surface area contributed by atoms with Gasteiger partial charge in [0.2, 0.25) is 0 Å². The molecule has 108 valence electrons. The Morgan fingerprint density at radius 3 is 2.95 bits per heavy atom. The first kappa shape index (κ1) is 15.0. The molecule has 2 heterocycles. The van der Waals surface area contributed by atoms with Crippen molar-refractivity contribution in [3.05, 3.63) is 21.9 Å². The maximum absolute atomic E-state index is 12.5. The number of nitrogens with zero attached hydrogens (tertiary/aromatic N) is 2. The Balaban J connectivity index is 2.03. The quantitative estimate of drug-likeness (QED) is 0.834. The number of carbonyl (C=O) groups excluding carboxylic acids is 1. The van der Waals surface area contributed by atoms with E-state index < -0.39 is 0 Å². The van der Waals surface area contributed by atoms with Gasteiger partial charge in [-0.15, -0.1) is 11.3 Å². The van der Waals surface area contributed by atoms with Crippen molar-refractivity contribution in [3.8, 4) is 11.8 Å². The van der Waals surface area contributed by atoms with Crippen molar-refractivity contribution < 1.29 is 4.79 Å². The number of likely N-dealkylation sites (N-methyl/N-ethyl adjacent to an activating group) is 1. The molecule has 0 radical (unpaired) electrons. The van der Waals surface area contributed by atoms with Crippen LogP contribution < -0.4 is 5.73 Å². The molecule has 0 saturated carbocycles. The predicted molar refractivity (Wildman–Crippen MR) is 82.9 cm³/mol. The number of hydrogen-bond acceptors (Lipinski definition) is 4. The Morgan fingerprint density at radius 2 is 2.30 bits per heavy atom. The van der Waals surface area contributed by atoms with Gasteiger partial charge in [-0.3, -0.25) is 9.69 Å². The average Bonchev–Trinajstić information content (AvgIpc) is 2.93. The summed E-state index contributed by atoms with van der Waals surface area (Å²) in [5.74, 6) is 5.91. The van der Waals surface area contributed by atoms with E-state index in [1.807, 2.05) is 17.0 Å². The molecule has 1 atom stereocenters. The summed E-state index contributed by atoms with van der Waals surface area (Å²) in [5, 5.41) is 0. The van der Waals surface area contributed by atoms with Crippen LogP contribution in [-0.2, 0) is 0 Å². The molecule has 1 fully saturated rings. The molecule has 20 heavy (non-hydrogen) atoms. The Kier molecular flexibility index (Phi) is 5.18. The standard InChI is InChI=1S/C15H21N3OS/c1-3-17-9-10-18(11-12(17)2)15(19)14-7-6-13(20-14)5-4-8-16/h6-7,12H,3,8-11,16H2,1-2H3. The van der Waals surface area contributed by atoms with Crippen molar-refractivity contribution >= 4 is 17.2 Å². The summed E-state index contributed by atoms with van der Waals surface area (Å²) in [7, 11) is 0. The van der Waals surface area contributed by atoms with Gasteiger partial charge in [-0.05, 0) is 25.6 Å². The minimum Gasteiger partial charge on any atom is -0.335 e. The fourth-order valence-electron chi connectivity index (χ4n) is 2.46. The number of carbonyl (C=O) groups is 1. The van der Waals surface area contributed by atoms with Crippen LogP contribution in [0.5, 0.6) is 0 Å². The summed E-state index contributed by atoms with van der Waals surface area (Å²) < 4.78 is 0. The summed E-state index contributed by atoms with van der Waals surface area (Å²) in [6.07, 6.45) is 0. The summed E-state index contributed by atoms with van der Waals surface area (Å²) in [6.45, 7) is 8.28. The lowest BCUT2D eigenvalue weighted by Gasteiger charge is -2.39. The second kappa shape index (κ2) is 6.89. The summed E-state index contributed by atoms with van der Waals surface area (Å²) in [5.41, 5.74) is 5.35. The van der Waals surface area contributed by atoms with E-state index in [0.717, 1.165) is 35.9 Å². The molecular weight excluding hydrogens is 270 g/mol. The van der Waals surface area contributed by atoms with E-state index in [1.54, 1.807) is 0 Å². The van der Waals surface area contributed by atoms with Crippen molar-refractivity contribution in [3.63, 3.8) is 0 Å². The molecule has 1 saturated heterocycles. The molecule has 4 nitrogen and oxygen atoms in total. The number of amides is 1. The maximum atomic E-state index is 12.5. The normalized spacial score (nSPS) is 19.6. The Labute approximate surface area is 124 Å². The second-order valence-corrected chi connectivity index (χ2v) is 5.98. The van der Waals surface area contributed by atoms with Gasteiger partial charge in [-0.25, -0.2) is 0 Å². The minimum absolute atomic E-state index is 0.124. The zero-order valence-corrected chi connectivity index (χ0v) is 12.9. The topological polar surface area (TPSA) is 49.6 Å². The van der Waals surface area contributed by atoms with Crippen LogP contribution in [0.15, 0.2) is 12.1 Å². The molecule has 1 aromatic rings. The van der Waals surface area contributed by atoms with Crippen LogP contribution in [0.1, 0.15) is 28.4 Å². The van der Waals surface area contributed by atoms with Crippen LogP contribution >= 0.6 is 11.3 Å². The molecule has 1 aliphatic rings. The van der Waals surface area contributed by atoms with E-state index in [9.17, 15) is 4.79 Å². The van der Waals surface area contributed by atoms with E-state index in [1.165, 1.54) is 11.3 Å². The fourth-order valence-corrected chi connectivity index (χ4v) is 3.31. The molecule has 0 aromatic carbocycles. The lowest BCUT2D eigenvalue weighted by atomic mass is 10.2. The first-order valence-corrected chi connectivity index (χ1v) is 7.79. The van der Waals surface area contributed by atoms with E-state index in [-0.39, 0.29) is 5.91 Å². The number of piperazine rings is 1. The molecule has 0 aliphatic carbocycles. The molecule has 0 bridgehead atoms. The molecule has 1 amide bonds. The minimum atomic E-state index is 0.124. The van der Waals surface area contributed by atoms with Crippen molar-refractivity contribution in [2.24, 2.45) is 5.73 Å². The first-order chi connectivity index (χ1) is 9.65. The average molecular weight is 291 g/mol. The third-order valence-corrected chi connectivity index (χ3v) is 4.58. The molecule has 2 rings (SSSR count). The van der Waals surface area contributed by atoms with E-state index >= 15 is 0 Å². The van der Waals surface area contributed by atoms with Crippen LogP contribution in [0, 0.1) is 11.8 Å². The summed E-state index contributed by atoms with van der Waals surface area (Å²) in [6, 6.07) is 4.19. The van der Waals surface area contributed by atoms with Gasteiger partial charge in [0.1, 0.15) is 0 Å². The third-order valence-electron chi connectivity index (χ3n) is 3.59. The largest absolute Gasteiger partial charge is 0.335 e. The summed E-state index contributed by atoms with van der Waals surface area (Å²) >= 11 is 1.45. The van der Waals surface area contributed by atoms with Gasteiger partial charge in [-0.1, -0.05) is 18.8 Å². The maximum Gasteiger partial charge on any atom is 0.264 e. The highest BCUT2D eigenvalue weighted by molar-refractivity contribution is 7.14. The van der Waals surface area contributed by atoms with Gasteiger partial charge in [0.15, 0.2) is 0 Å². The lowest BCUT2D eigenvalue weighted by molar-refractivity contribution is 0.0533. The third kappa shape index (κ3) is 3.40. The van der Waals surface area contributed by atoms with E-state index in [2.05, 4.69) is 30.6 Å². The highest BCUT2D eigenvalue weighted by Gasteiger charge is 2.26. The van der Waals surface area contributed by atoms with Gasteiger partial charge in [0, 0.05) is 25.7 Å². The Bertz CT molecular complexity index is 529. The highest BCUT2D eigenvalue weighted by Crippen LogP contribution is 2.19. The molecule has 5 heteroatoms. The van der Waals surface area contributed by atoms with Gasteiger partial charge in [-0.2, -0.15) is 0 Å². The fraction of sp³-hybridized carbons (Fsp3) is 0.533. The van der Waals surface area contributed by atoms with Crippen LogP contribution in [0.4, 0.5) is 0 Å².